The van der Waals surface area contributed by atoms with Crippen LogP contribution in [0.2, 0.25) is 0 Å². The molecule has 0 saturated carbocycles. The van der Waals surface area contributed by atoms with Gasteiger partial charge < -0.3 is 5.11 Å². The van der Waals surface area contributed by atoms with Gasteiger partial charge in [-0.2, -0.15) is 0 Å². The van der Waals surface area contributed by atoms with Crippen molar-refractivity contribution in [2.24, 2.45) is 0 Å². The molecule has 0 aliphatic carbocycles. The van der Waals surface area contributed by atoms with Crippen molar-refractivity contribution in [2.75, 3.05) is 0 Å². The van der Waals surface area contributed by atoms with E-state index < -0.39 is 23.4 Å². The number of hydrogen-bond donors (Lipinski definition) is 1. The van der Waals surface area contributed by atoms with E-state index in [1.807, 2.05) is 0 Å². The summed E-state index contributed by atoms with van der Waals surface area (Å²) in [5.74, 6) is -5.57. The number of carboxylic acids is 1. The first-order chi connectivity index (χ1) is 9.49. The third kappa shape index (κ3) is 2.88. The highest BCUT2D eigenvalue weighted by atomic mass is 19.2. The highest BCUT2D eigenvalue weighted by molar-refractivity contribution is 6.20. The van der Waals surface area contributed by atoms with E-state index in [4.69, 9.17) is 5.11 Å². The van der Waals surface area contributed by atoms with Crippen LogP contribution in [0.1, 0.15) is 11.1 Å². The molecule has 0 saturated heterocycles. The number of halogens is 3. The molecule has 0 spiro atoms. The Kier molecular flexibility index (Phi) is 3.89. The van der Waals surface area contributed by atoms with E-state index in [1.165, 1.54) is 0 Å². The normalized spacial score (nSPS) is 11.4. The van der Waals surface area contributed by atoms with E-state index >= 15 is 0 Å². The molecular weight excluding hydrogens is 269 g/mol. The van der Waals surface area contributed by atoms with Crippen molar-refractivity contribution < 1.29 is 23.1 Å². The molecule has 102 valence electrons. The number of carbonyl (C=O) groups is 1. The molecule has 0 bridgehead atoms. The van der Waals surface area contributed by atoms with Crippen molar-refractivity contribution >= 4 is 17.6 Å². The summed E-state index contributed by atoms with van der Waals surface area (Å²) >= 11 is 0. The zero-order chi connectivity index (χ0) is 14.7. The molecule has 0 radical (unpaired) electrons. The summed E-state index contributed by atoms with van der Waals surface area (Å²) in [4.78, 5) is 11.2. The van der Waals surface area contributed by atoms with Crippen LogP contribution in [0.3, 0.4) is 0 Å². The Morgan fingerprint density at radius 1 is 1.00 bits per heavy atom. The van der Waals surface area contributed by atoms with E-state index in [1.54, 1.807) is 30.3 Å². The van der Waals surface area contributed by atoms with E-state index in [2.05, 4.69) is 0 Å². The second-order valence-electron chi connectivity index (χ2n) is 4.03. The summed E-state index contributed by atoms with van der Waals surface area (Å²) in [5.41, 5.74) is 0.170. The Morgan fingerprint density at radius 3 is 2.05 bits per heavy atom. The first kappa shape index (κ1) is 13.9. The molecule has 0 amide bonds. The lowest BCUT2D eigenvalue weighted by Gasteiger charge is -2.04. The van der Waals surface area contributed by atoms with Crippen LogP contribution in [-0.2, 0) is 4.79 Å². The van der Waals surface area contributed by atoms with E-state index in [0.717, 1.165) is 18.2 Å². The third-order valence-electron chi connectivity index (χ3n) is 2.63. The first-order valence-corrected chi connectivity index (χ1v) is 5.64. The van der Waals surface area contributed by atoms with Gasteiger partial charge in [-0.15, -0.1) is 0 Å². The van der Waals surface area contributed by atoms with E-state index in [9.17, 15) is 18.0 Å². The molecule has 2 aromatic carbocycles. The van der Waals surface area contributed by atoms with E-state index in [-0.39, 0.29) is 11.1 Å². The summed E-state index contributed by atoms with van der Waals surface area (Å²) in [5, 5.41) is 9.15. The number of benzene rings is 2. The lowest BCUT2D eigenvalue weighted by atomic mass is 10.0. The van der Waals surface area contributed by atoms with Gasteiger partial charge in [0.25, 0.3) is 0 Å². The van der Waals surface area contributed by atoms with Crippen LogP contribution in [-0.4, -0.2) is 11.1 Å². The molecule has 0 heterocycles. The summed E-state index contributed by atoms with van der Waals surface area (Å²) in [7, 11) is 0. The molecule has 1 N–H and O–H groups in total. The third-order valence-corrected chi connectivity index (χ3v) is 2.63. The standard InChI is InChI=1S/C15H9F3O2/c16-12-7-9(8-13(17)14(12)18)6-11(15(19)20)10-4-2-1-3-5-10/h1-8H,(H,19,20). The van der Waals surface area contributed by atoms with Gasteiger partial charge in [-0.25, -0.2) is 18.0 Å². The van der Waals surface area contributed by atoms with Crippen molar-refractivity contribution in [2.45, 2.75) is 0 Å². The molecule has 0 aliphatic rings. The van der Waals surface area contributed by atoms with Gasteiger partial charge in [0.2, 0.25) is 0 Å². The fraction of sp³-hybridized carbons (Fsp3) is 0. The fourth-order valence-electron chi connectivity index (χ4n) is 1.71. The van der Waals surface area contributed by atoms with Crippen LogP contribution < -0.4 is 0 Å². The van der Waals surface area contributed by atoms with Crippen LogP contribution in [0.25, 0.3) is 11.6 Å². The quantitative estimate of drug-likeness (QED) is 0.527. The van der Waals surface area contributed by atoms with Crippen molar-refractivity contribution in [3.05, 3.63) is 71.0 Å². The van der Waals surface area contributed by atoms with Crippen LogP contribution in [0.4, 0.5) is 13.2 Å². The number of rotatable bonds is 3. The minimum absolute atomic E-state index is 0.0670. The van der Waals surface area contributed by atoms with Crippen molar-refractivity contribution in [3.8, 4) is 0 Å². The van der Waals surface area contributed by atoms with Gasteiger partial charge in [-0.05, 0) is 29.3 Å². The predicted molar refractivity (Wildman–Crippen MR) is 68.3 cm³/mol. The van der Waals surface area contributed by atoms with Gasteiger partial charge >= 0.3 is 5.97 Å². The molecule has 2 rings (SSSR count). The summed E-state index contributed by atoms with van der Waals surface area (Å²) < 4.78 is 39.0. The van der Waals surface area contributed by atoms with Crippen LogP contribution in [0, 0.1) is 17.5 Å². The molecule has 0 aliphatic heterocycles. The zero-order valence-corrected chi connectivity index (χ0v) is 10.1. The summed E-state index contributed by atoms with van der Waals surface area (Å²) in [6.45, 7) is 0. The van der Waals surface area contributed by atoms with Gasteiger partial charge in [0.15, 0.2) is 17.5 Å². The SMILES string of the molecule is O=C(O)C(=Cc1cc(F)c(F)c(F)c1)c1ccccc1. The number of hydrogen-bond acceptors (Lipinski definition) is 1. The summed E-state index contributed by atoms with van der Waals surface area (Å²) in [6.07, 6.45) is 1.09. The molecule has 0 atom stereocenters. The minimum Gasteiger partial charge on any atom is -0.478 e. The van der Waals surface area contributed by atoms with Crippen LogP contribution >= 0.6 is 0 Å². The Bertz CT molecular complexity index is 656. The van der Waals surface area contributed by atoms with Crippen LogP contribution in [0.15, 0.2) is 42.5 Å². The van der Waals surface area contributed by atoms with Gasteiger partial charge in [0.1, 0.15) is 0 Å². The number of carboxylic acid groups (broad SMARTS) is 1. The fourth-order valence-corrected chi connectivity index (χ4v) is 1.71. The highest BCUT2D eigenvalue weighted by Crippen LogP contribution is 2.21. The Balaban J connectivity index is 2.53. The van der Waals surface area contributed by atoms with Crippen molar-refractivity contribution in [1.29, 1.82) is 0 Å². The Morgan fingerprint density at radius 2 is 1.55 bits per heavy atom. The van der Waals surface area contributed by atoms with Gasteiger partial charge in [0.05, 0.1) is 5.57 Å². The minimum atomic E-state index is -1.58. The van der Waals surface area contributed by atoms with Gasteiger partial charge in [-0.3, -0.25) is 0 Å². The average molecular weight is 278 g/mol. The maximum absolute atomic E-state index is 13.1. The lowest BCUT2D eigenvalue weighted by Crippen LogP contribution is -2.00. The van der Waals surface area contributed by atoms with E-state index in [0.29, 0.717) is 5.56 Å². The van der Waals surface area contributed by atoms with Crippen LogP contribution in [0.5, 0.6) is 0 Å². The molecular formula is C15H9F3O2. The lowest BCUT2D eigenvalue weighted by molar-refractivity contribution is -0.130. The monoisotopic (exact) mass is 278 g/mol. The van der Waals surface area contributed by atoms with Crippen molar-refractivity contribution in [1.82, 2.24) is 0 Å². The Labute approximate surface area is 112 Å². The number of aliphatic carboxylic acids is 1. The molecule has 0 aromatic heterocycles. The molecule has 2 nitrogen and oxygen atoms in total. The highest BCUT2D eigenvalue weighted by Gasteiger charge is 2.13. The van der Waals surface area contributed by atoms with Gasteiger partial charge in [-0.1, -0.05) is 30.3 Å². The van der Waals surface area contributed by atoms with Gasteiger partial charge in [0, 0.05) is 0 Å². The average Bonchev–Trinajstić information content (AvgIpc) is 2.42. The molecule has 2 aromatic rings. The molecule has 20 heavy (non-hydrogen) atoms. The predicted octanol–water partition coefficient (Wildman–Crippen LogP) is 3.73. The second-order valence-corrected chi connectivity index (χ2v) is 4.03. The molecule has 0 fully saturated rings. The smallest absolute Gasteiger partial charge is 0.336 e. The zero-order valence-electron chi connectivity index (χ0n) is 10.1. The van der Waals surface area contributed by atoms with Crippen molar-refractivity contribution in [3.63, 3.8) is 0 Å². The second kappa shape index (κ2) is 5.61. The molecule has 5 heteroatoms. The maximum Gasteiger partial charge on any atom is 0.336 e. The Hall–Kier alpha value is -2.56. The summed E-state index contributed by atoms with van der Waals surface area (Å²) in [6, 6.07) is 9.57. The topological polar surface area (TPSA) is 37.3 Å². The maximum atomic E-state index is 13.1. The first-order valence-electron chi connectivity index (χ1n) is 5.64. The largest absolute Gasteiger partial charge is 0.478 e. The molecule has 0 unspecified atom stereocenters.